The highest BCUT2D eigenvalue weighted by atomic mass is 35.5. The van der Waals surface area contributed by atoms with E-state index in [9.17, 15) is 14.9 Å². The van der Waals surface area contributed by atoms with E-state index in [2.05, 4.69) is 0 Å². The van der Waals surface area contributed by atoms with E-state index in [1.165, 1.54) is 6.07 Å². The van der Waals surface area contributed by atoms with Crippen LogP contribution in [0.3, 0.4) is 0 Å². The second kappa shape index (κ2) is 6.09. The highest BCUT2D eigenvalue weighted by molar-refractivity contribution is 6.30. The van der Waals surface area contributed by atoms with Crippen LogP contribution in [0.4, 0.5) is 11.4 Å². The normalized spacial score (nSPS) is 14.4. The van der Waals surface area contributed by atoms with Gasteiger partial charge in [0.15, 0.2) is 0 Å². The maximum absolute atomic E-state index is 12.1. The quantitative estimate of drug-likeness (QED) is 0.632. The fraction of sp³-hybridized carbons (Fsp3) is 0.462. The number of carbonyl (C=O) groups excluding carboxylic acids is 1. The van der Waals surface area contributed by atoms with Gasteiger partial charge in [-0.05, 0) is 25.0 Å². The highest BCUT2D eigenvalue weighted by Gasteiger charge is 2.23. The number of hydrogen-bond acceptors (Lipinski definition) is 4. The van der Waals surface area contributed by atoms with E-state index in [1.807, 2.05) is 0 Å². The molecule has 1 amide bonds. The Balaban J connectivity index is 2.14. The van der Waals surface area contributed by atoms with Gasteiger partial charge in [0.25, 0.3) is 5.69 Å². The average Bonchev–Trinajstić information content (AvgIpc) is 2.92. The zero-order valence-electron chi connectivity index (χ0n) is 11.2. The molecule has 2 rings (SSSR count). The van der Waals surface area contributed by atoms with Crippen LogP contribution in [0.2, 0.25) is 5.02 Å². The smallest absolute Gasteiger partial charge is 0.294 e. The second-order valence-corrected chi connectivity index (χ2v) is 5.27. The molecule has 0 aromatic heterocycles. The molecule has 1 aromatic carbocycles. The third-order valence-corrected chi connectivity index (χ3v) is 3.61. The van der Waals surface area contributed by atoms with Crippen LogP contribution in [0.15, 0.2) is 18.2 Å². The monoisotopic (exact) mass is 297 g/mol. The summed E-state index contributed by atoms with van der Waals surface area (Å²) in [5.41, 5.74) is 0.307. The van der Waals surface area contributed by atoms with E-state index in [4.69, 9.17) is 11.6 Å². The average molecular weight is 298 g/mol. The number of likely N-dealkylation sites (N-methyl/N-ethyl adjacent to an activating group) is 1. The Morgan fingerprint density at radius 3 is 2.70 bits per heavy atom. The van der Waals surface area contributed by atoms with Gasteiger partial charge >= 0.3 is 0 Å². The topological polar surface area (TPSA) is 66.7 Å². The van der Waals surface area contributed by atoms with Gasteiger partial charge in [0.05, 0.1) is 11.5 Å². The lowest BCUT2D eigenvalue weighted by Gasteiger charge is -2.22. The number of benzene rings is 1. The summed E-state index contributed by atoms with van der Waals surface area (Å²) in [5.74, 6) is -0.00533. The number of nitro benzene ring substituents is 1. The fourth-order valence-electron chi connectivity index (χ4n) is 2.32. The molecule has 1 saturated heterocycles. The molecule has 1 heterocycles. The molecule has 0 atom stereocenters. The standard InChI is InChI=1S/C13H16ClN3O3/c1-15(9-13(18)16-6-2-3-7-16)11-5-4-10(14)8-12(11)17(19)20/h4-5,8H,2-3,6-7,9H2,1H3. The van der Waals surface area contributed by atoms with Crippen molar-refractivity contribution >= 4 is 28.9 Å². The molecular weight excluding hydrogens is 282 g/mol. The first-order valence-corrected chi connectivity index (χ1v) is 6.79. The van der Waals surface area contributed by atoms with Gasteiger partial charge in [-0.25, -0.2) is 0 Å². The summed E-state index contributed by atoms with van der Waals surface area (Å²) in [6.07, 6.45) is 2.05. The molecule has 0 unspecified atom stereocenters. The molecule has 0 spiro atoms. The van der Waals surface area contributed by atoms with E-state index in [-0.39, 0.29) is 18.1 Å². The van der Waals surface area contributed by atoms with Gasteiger partial charge in [0, 0.05) is 31.2 Å². The lowest BCUT2D eigenvalue weighted by atomic mass is 10.2. The van der Waals surface area contributed by atoms with Gasteiger partial charge in [0.1, 0.15) is 5.69 Å². The first-order valence-electron chi connectivity index (χ1n) is 6.42. The molecule has 1 aliphatic heterocycles. The number of carbonyl (C=O) groups is 1. The van der Waals surface area contributed by atoms with Crippen molar-refractivity contribution in [2.45, 2.75) is 12.8 Å². The number of nitrogens with zero attached hydrogens (tertiary/aromatic N) is 3. The van der Waals surface area contributed by atoms with Crippen LogP contribution in [0.5, 0.6) is 0 Å². The van der Waals surface area contributed by atoms with Crippen molar-refractivity contribution in [1.82, 2.24) is 4.90 Å². The first-order chi connectivity index (χ1) is 9.49. The van der Waals surface area contributed by atoms with E-state index in [0.29, 0.717) is 10.7 Å². The Bertz CT molecular complexity index is 530. The van der Waals surface area contributed by atoms with Gasteiger partial charge in [0.2, 0.25) is 5.91 Å². The summed E-state index contributed by atoms with van der Waals surface area (Å²) < 4.78 is 0. The number of amides is 1. The molecule has 0 aliphatic carbocycles. The number of halogens is 1. The predicted octanol–water partition coefficient (Wildman–Crippen LogP) is 2.31. The lowest BCUT2D eigenvalue weighted by molar-refractivity contribution is -0.384. The number of rotatable bonds is 4. The molecule has 20 heavy (non-hydrogen) atoms. The van der Waals surface area contributed by atoms with Crippen molar-refractivity contribution in [2.24, 2.45) is 0 Å². The Labute approximate surface area is 122 Å². The maximum Gasteiger partial charge on any atom is 0.294 e. The van der Waals surface area contributed by atoms with Crippen LogP contribution in [-0.2, 0) is 4.79 Å². The van der Waals surface area contributed by atoms with Crippen LogP contribution < -0.4 is 4.90 Å². The van der Waals surface area contributed by atoms with Crippen LogP contribution in [-0.4, -0.2) is 42.4 Å². The van der Waals surface area contributed by atoms with Gasteiger partial charge in [-0.1, -0.05) is 11.6 Å². The van der Waals surface area contributed by atoms with Gasteiger partial charge in [-0.3, -0.25) is 14.9 Å². The van der Waals surface area contributed by atoms with Crippen molar-refractivity contribution in [1.29, 1.82) is 0 Å². The maximum atomic E-state index is 12.1. The molecule has 0 bridgehead atoms. The largest absolute Gasteiger partial charge is 0.360 e. The summed E-state index contributed by atoms with van der Waals surface area (Å²) in [6, 6.07) is 4.45. The third-order valence-electron chi connectivity index (χ3n) is 3.38. The third kappa shape index (κ3) is 3.19. The Kier molecular flexibility index (Phi) is 4.44. The van der Waals surface area contributed by atoms with Crippen molar-refractivity contribution in [3.63, 3.8) is 0 Å². The number of nitro groups is 1. The summed E-state index contributed by atoms with van der Waals surface area (Å²) in [5, 5.41) is 11.4. The van der Waals surface area contributed by atoms with Crippen LogP contribution in [0.1, 0.15) is 12.8 Å². The van der Waals surface area contributed by atoms with Crippen molar-refractivity contribution in [3.05, 3.63) is 33.3 Å². The molecule has 1 aromatic rings. The molecule has 0 radical (unpaired) electrons. The second-order valence-electron chi connectivity index (χ2n) is 4.83. The van der Waals surface area contributed by atoms with Gasteiger partial charge in [-0.2, -0.15) is 0 Å². The number of hydrogen-bond donors (Lipinski definition) is 0. The minimum atomic E-state index is -0.488. The van der Waals surface area contributed by atoms with E-state index in [1.54, 1.807) is 29.0 Å². The minimum absolute atomic E-state index is 0.00533. The zero-order chi connectivity index (χ0) is 14.7. The number of likely N-dealkylation sites (tertiary alicyclic amines) is 1. The predicted molar refractivity (Wildman–Crippen MR) is 77.2 cm³/mol. The van der Waals surface area contributed by atoms with Crippen LogP contribution >= 0.6 is 11.6 Å². The number of anilines is 1. The fourth-order valence-corrected chi connectivity index (χ4v) is 2.49. The Morgan fingerprint density at radius 1 is 1.45 bits per heavy atom. The van der Waals surface area contributed by atoms with E-state index >= 15 is 0 Å². The van der Waals surface area contributed by atoms with E-state index < -0.39 is 4.92 Å². The molecule has 7 heteroatoms. The van der Waals surface area contributed by atoms with Gasteiger partial charge in [-0.15, -0.1) is 0 Å². The summed E-state index contributed by atoms with van der Waals surface area (Å²) in [6.45, 7) is 1.67. The SMILES string of the molecule is CN(CC(=O)N1CCCC1)c1ccc(Cl)cc1[N+](=O)[O-]. The minimum Gasteiger partial charge on any atom is -0.360 e. The summed E-state index contributed by atoms with van der Waals surface area (Å²) in [7, 11) is 1.67. The summed E-state index contributed by atoms with van der Waals surface area (Å²) in [4.78, 5) is 26.0. The molecule has 1 fully saturated rings. The molecule has 0 saturated carbocycles. The van der Waals surface area contributed by atoms with E-state index in [0.717, 1.165) is 25.9 Å². The van der Waals surface area contributed by atoms with Crippen molar-refractivity contribution in [2.75, 3.05) is 31.6 Å². The molecule has 0 N–H and O–H groups in total. The Morgan fingerprint density at radius 2 is 2.10 bits per heavy atom. The zero-order valence-corrected chi connectivity index (χ0v) is 12.0. The van der Waals surface area contributed by atoms with Crippen LogP contribution in [0.25, 0.3) is 0 Å². The Hall–Kier alpha value is -1.82. The molecule has 6 nitrogen and oxygen atoms in total. The molecule has 1 aliphatic rings. The van der Waals surface area contributed by atoms with Crippen LogP contribution in [0, 0.1) is 10.1 Å². The highest BCUT2D eigenvalue weighted by Crippen LogP contribution is 2.30. The molecular formula is C13H16ClN3O3. The molecule has 108 valence electrons. The first kappa shape index (κ1) is 14.6. The van der Waals surface area contributed by atoms with Gasteiger partial charge < -0.3 is 9.80 Å². The van der Waals surface area contributed by atoms with Crippen molar-refractivity contribution < 1.29 is 9.72 Å². The lowest BCUT2D eigenvalue weighted by Crippen LogP contribution is -2.37. The summed E-state index contributed by atoms with van der Waals surface area (Å²) >= 11 is 5.78. The van der Waals surface area contributed by atoms with Crippen molar-refractivity contribution in [3.8, 4) is 0 Å².